The topological polar surface area (TPSA) is 48.1 Å². The monoisotopic (exact) mass is 296 g/mol. The number of rotatable bonds is 2. The van der Waals surface area contributed by atoms with E-state index in [1.807, 2.05) is 0 Å². The highest BCUT2D eigenvalue weighted by atomic mass is 79.9. The smallest absolute Gasteiger partial charge is 0.233 e. The van der Waals surface area contributed by atoms with Crippen molar-refractivity contribution >= 4 is 21.6 Å². The maximum absolute atomic E-state index is 13.6. The molecule has 0 aliphatic heterocycles. The van der Waals surface area contributed by atoms with Crippen LogP contribution in [-0.2, 0) is 0 Å². The van der Waals surface area contributed by atoms with Gasteiger partial charge in [0.25, 0.3) is 0 Å². The Hall–Kier alpha value is -1.62. The Balaban J connectivity index is 2.37. The number of anilines is 1. The van der Waals surface area contributed by atoms with E-state index in [-0.39, 0.29) is 5.75 Å². The van der Waals surface area contributed by atoms with Crippen LogP contribution in [0, 0.1) is 12.7 Å². The Labute approximate surface area is 107 Å². The lowest BCUT2D eigenvalue weighted by Gasteiger charge is -2.09. The summed E-state index contributed by atoms with van der Waals surface area (Å²) in [4.78, 5) is 4.00. The Morgan fingerprint density at radius 2 is 2.18 bits per heavy atom. The number of nitrogen functional groups attached to an aromatic ring is 1. The van der Waals surface area contributed by atoms with Gasteiger partial charge in [0.15, 0.2) is 11.6 Å². The van der Waals surface area contributed by atoms with E-state index in [9.17, 15) is 4.39 Å². The van der Waals surface area contributed by atoms with Gasteiger partial charge in [0.1, 0.15) is 0 Å². The third-order valence-electron chi connectivity index (χ3n) is 2.25. The molecule has 0 saturated carbocycles. The van der Waals surface area contributed by atoms with Gasteiger partial charge >= 0.3 is 0 Å². The number of pyridine rings is 1. The molecule has 0 saturated heterocycles. The van der Waals surface area contributed by atoms with Gasteiger partial charge in [-0.05, 0) is 46.6 Å². The molecule has 88 valence electrons. The zero-order chi connectivity index (χ0) is 12.4. The average molecular weight is 297 g/mol. The van der Waals surface area contributed by atoms with Crippen molar-refractivity contribution in [3.63, 3.8) is 0 Å². The second kappa shape index (κ2) is 4.71. The molecule has 5 heteroatoms. The predicted molar refractivity (Wildman–Crippen MR) is 67.6 cm³/mol. The number of hydrogen-bond acceptors (Lipinski definition) is 3. The minimum Gasteiger partial charge on any atom is -0.435 e. The number of aromatic nitrogens is 1. The quantitative estimate of drug-likeness (QED) is 0.860. The molecule has 1 aromatic heterocycles. The van der Waals surface area contributed by atoms with Crippen LogP contribution in [0.2, 0.25) is 0 Å². The first-order chi connectivity index (χ1) is 8.08. The first kappa shape index (κ1) is 11.9. The fourth-order valence-electron chi connectivity index (χ4n) is 1.30. The number of benzene rings is 1. The predicted octanol–water partition coefficient (Wildman–Crippen LogP) is 3.67. The summed E-state index contributed by atoms with van der Waals surface area (Å²) >= 11 is 3.28. The van der Waals surface area contributed by atoms with E-state index in [0.717, 1.165) is 5.56 Å². The molecule has 2 N–H and O–H groups in total. The van der Waals surface area contributed by atoms with Crippen molar-refractivity contribution in [2.75, 3.05) is 5.73 Å². The standard InChI is InChI=1S/C12H10BrFN2O/c1-7-5-11(9(14)6-10(7)15)17-12-8(13)3-2-4-16-12/h2-6H,15H2,1H3. The van der Waals surface area contributed by atoms with Crippen molar-refractivity contribution in [2.24, 2.45) is 0 Å². The molecule has 0 radical (unpaired) electrons. The molecule has 0 atom stereocenters. The highest BCUT2D eigenvalue weighted by Crippen LogP contribution is 2.30. The van der Waals surface area contributed by atoms with Crippen LogP contribution in [-0.4, -0.2) is 4.98 Å². The number of halogens is 2. The highest BCUT2D eigenvalue weighted by molar-refractivity contribution is 9.10. The number of aryl methyl sites for hydroxylation is 1. The summed E-state index contributed by atoms with van der Waals surface area (Å²) in [5, 5.41) is 0. The lowest BCUT2D eigenvalue weighted by atomic mass is 10.2. The molecule has 0 aliphatic carbocycles. The van der Waals surface area contributed by atoms with Gasteiger partial charge in [-0.25, -0.2) is 9.37 Å². The molecule has 3 nitrogen and oxygen atoms in total. The fraction of sp³-hybridized carbons (Fsp3) is 0.0833. The lowest BCUT2D eigenvalue weighted by Crippen LogP contribution is -1.96. The molecule has 0 aliphatic rings. The Morgan fingerprint density at radius 3 is 2.88 bits per heavy atom. The van der Waals surface area contributed by atoms with Crippen molar-refractivity contribution in [3.05, 3.63) is 46.3 Å². The summed E-state index contributed by atoms with van der Waals surface area (Å²) < 4.78 is 19.6. The van der Waals surface area contributed by atoms with E-state index < -0.39 is 5.82 Å². The van der Waals surface area contributed by atoms with E-state index in [0.29, 0.717) is 16.0 Å². The minimum absolute atomic E-state index is 0.108. The van der Waals surface area contributed by atoms with Gasteiger partial charge in [-0.15, -0.1) is 0 Å². The van der Waals surface area contributed by atoms with Crippen LogP contribution >= 0.6 is 15.9 Å². The maximum atomic E-state index is 13.6. The zero-order valence-electron chi connectivity index (χ0n) is 9.08. The second-order valence-electron chi connectivity index (χ2n) is 3.53. The van der Waals surface area contributed by atoms with Crippen LogP contribution in [0.15, 0.2) is 34.9 Å². The van der Waals surface area contributed by atoms with Gasteiger partial charge in [0.05, 0.1) is 4.47 Å². The van der Waals surface area contributed by atoms with Crippen LogP contribution < -0.4 is 10.5 Å². The van der Waals surface area contributed by atoms with Gasteiger partial charge in [0, 0.05) is 18.0 Å². The third kappa shape index (κ3) is 2.55. The van der Waals surface area contributed by atoms with E-state index in [4.69, 9.17) is 10.5 Å². The summed E-state index contributed by atoms with van der Waals surface area (Å²) in [7, 11) is 0. The minimum atomic E-state index is -0.509. The summed E-state index contributed by atoms with van der Waals surface area (Å²) in [6.07, 6.45) is 1.57. The van der Waals surface area contributed by atoms with Crippen LogP contribution in [0.3, 0.4) is 0 Å². The largest absolute Gasteiger partial charge is 0.435 e. The molecule has 1 aromatic carbocycles. The normalized spacial score (nSPS) is 10.3. The summed E-state index contributed by atoms with van der Waals surface area (Å²) in [6, 6.07) is 6.30. The van der Waals surface area contributed by atoms with Crippen LogP contribution in [0.4, 0.5) is 10.1 Å². The van der Waals surface area contributed by atoms with E-state index >= 15 is 0 Å². The average Bonchev–Trinajstić information content (AvgIpc) is 2.29. The first-order valence-corrected chi connectivity index (χ1v) is 5.71. The first-order valence-electron chi connectivity index (χ1n) is 4.92. The van der Waals surface area contributed by atoms with Crippen LogP contribution in [0.5, 0.6) is 11.6 Å². The van der Waals surface area contributed by atoms with E-state index in [2.05, 4.69) is 20.9 Å². The molecule has 2 rings (SSSR count). The number of ether oxygens (including phenoxy) is 1. The van der Waals surface area contributed by atoms with Crippen molar-refractivity contribution in [1.82, 2.24) is 4.98 Å². The molecular formula is C12H10BrFN2O. The molecular weight excluding hydrogens is 287 g/mol. The molecule has 1 heterocycles. The second-order valence-corrected chi connectivity index (χ2v) is 4.39. The molecule has 0 bridgehead atoms. The Bertz CT molecular complexity index is 560. The van der Waals surface area contributed by atoms with Gasteiger partial charge in [-0.2, -0.15) is 0 Å². The van der Waals surface area contributed by atoms with E-state index in [1.165, 1.54) is 6.07 Å². The Kier molecular flexibility index (Phi) is 3.28. The Morgan fingerprint density at radius 1 is 1.41 bits per heavy atom. The van der Waals surface area contributed by atoms with Crippen molar-refractivity contribution < 1.29 is 9.13 Å². The van der Waals surface area contributed by atoms with Crippen molar-refractivity contribution in [3.8, 4) is 11.6 Å². The third-order valence-corrected chi connectivity index (χ3v) is 2.86. The molecule has 0 fully saturated rings. The summed E-state index contributed by atoms with van der Waals surface area (Å²) in [5.74, 6) is -0.0858. The molecule has 17 heavy (non-hydrogen) atoms. The molecule has 0 unspecified atom stereocenters. The van der Waals surface area contributed by atoms with Crippen LogP contribution in [0.1, 0.15) is 5.56 Å². The van der Waals surface area contributed by atoms with Crippen molar-refractivity contribution in [1.29, 1.82) is 0 Å². The molecule has 0 spiro atoms. The van der Waals surface area contributed by atoms with Gasteiger partial charge < -0.3 is 10.5 Å². The summed E-state index contributed by atoms with van der Waals surface area (Å²) in [5.41, 5.74) is 6.75. The number of nitrogens with two attached hydrogens (primary N) is 1. The fourth-order valence-corrected chi connectivity index (χ4v) is 1.64. The number of hydrogen-bond donors (Lipinski definition) is 1. The molecule has 2 aromatic rings. The van der Waals surface area contributed by atoms with Gasteiger partial charge in [0.2, 0.25) is 5.88 Å². The number of nitrogens with zero attached hydrogens (tertiary/aromatic N) is 1. The SMILES string of the molecule is Cc1cc(Oc2ncccc2Br)c(F)cc1N. The summed E-state index contributed by atoms with van der Waals surface area (Å²) in [6.45, 7) is 1.79. The zero-order valence-corrected chi connectivity index (χ0v) is 10.7. The highest BCUT2D eigenvalue weighted by Gasteiger charge is 2.10. The van der Waals surface area contributed by atoms with Gasteiger partial charge in [-0.3, -0.25) is 0 Å². The maximum Gasteiger partial charge on any atom is 0.233 e. The van der Waals surface area contributed by atoms with Gasteiger partial charge in [-0.1, -0.05) is 0 Å². The molecule has 0 amide bonds. The van der Waals surface area contributed by atoms with Crippen molar-refractivity contribution in [2.45, 2.75) is 6.92 Å². The van der Waals surface area contributed by atoms with E-state index in [1.54, 1.807) is 31.3 Å². The van der Waals surface area contributed by atoms with Crippen LogP contribution in [0.25, 0.3) is 0 Å². The lowest BCUT2D eigenvalue weighted by molar-refractivity contribution is 0.425.